The average molecular weight is 581 g/mol. The largest absolute Gasteiger partial charge is 0.488 e. The topological polar surface area (TPSA) is 69.2 Å². The number of amides is 1. The minimum absolute atomic E-state index is 0.378. The Morgan fingerprint density at radius 2 is 1.46 bits per heavy atom. The third kappa shape index (κ3) is 7.03. The molecule has 194 valence electrons. The van der Waals surface area contributed by atoms with Crippen molar-refractivity contribution in [2.75, 3.05) is 0 Å². The molecule has 0 bridgehead atoms. The van der Waals surface area contributed by atoms with Gasteiger partial charge in [0.25, 0.3) is 0 Å². The minimum atomic E-state index is -1.26. The molecule has 0 aliphatic heterocycles. The van der Waals surface area contributed by atoms with Crippen molar-refractivity contribution in [2.24, 2.45) is 5.10 Å². The standard InChI is InChI=1S/C32H25BrN2O4/c33-25-12-9-10-23(20-25)22-37-30-19-18-24-11-7-8-17-28(24)29(30)21-34-35-31(36)32(38-26-13-3-1-4-14-26)39-27-15-5-2-6-16-27/h1-21,32H,22H2,(H,35,36). The molecule has 0 spiro atoms. The molecule has 0 aliphatic rings. The first-order valence-corrected chi connectivity index (χ1v) is 13.1. The lowest BCUT2D eigenvalue weighted by Gasteiger charge is -2.18. The molecular formula is C32H25BrN2O4. The highest BCUT2D eigenvalue weighted by Crippen LogP contribution is 2.28. The highest BCUT2D eigenvalue weighted by Gasteiger charge is 2.22. The Bertz CT molecular complexity index is 1530. The summed E-state index contributed by atoms with van der Waals surface area (Å²) in [6, 6.07) is 37.8. The number of benzene rings is 5. The molecular weight excluding hydrogens is 556 g/mol. The number of carbonyl (C=O) groups is 1. The van der Waals surface area contributed by atoms with Crippen LogP contribution in [0.4, 0.5) is 0 Å². The molecule has 6 nitrogen and oxygen atoms in total. The van der Waals surface area contributed by atoms with E-state index in [0.717, 1.165) is 26.4 Å². The summed E-state index contributed by atoms with van der Waals surface area (Å²) < 4.78 is 18.8. The van der Waals surface area contributed by atoms with Crippen LogP contribution >= 0.6 is 15.9 Å². The number of nitrogens with one attached hydrogen (secondary N) is 1. The predicted molar refractivity (Wildman–Crippen MR) is 156 cm³/mol. The zero-order chi connectivity index (χ0) is 26.9. The summed E-state index contributed by atoms with van der Waals surface area (Å²) in [5, 5.41) is 6.22. The van der Waals surface area contributed by atoms with Crippen molar-refractivity contribution in [1.82, 2.24) is 5.43 Å². The van der Waals surface area contributed by atoms with E-state index < -0.39 is 12.2 Å². The van der Waals surface area contributed by atoms with E-state index in [4.69, 9.17) is 14.2 Å². The molecule has 0 heterocycles. The van der Waals surface area contributed by atoms with Crippen molar-refractivity contribution >= 4 is 38.8 Å². The number of carbonyl (C=O) groups excluding carboxylic acids is 1. The van der Waals surface area contributed by atoms with Crippen molar-refractivity contribution in [3.8, 4) is 17.2 Å². The van der Waals surface area contributed by atoms with Crippen LogP contribution in [0.1, 0.15) is 11.1 Å². The summed E-state index contributed by atoms with van der Waals surface area (Å²) >= 11 is 3.50. The number of fused-ring (bicyclic) bond motifs is 1. The van der Waals surface area contributed by atoms with Crippen LogP contribution in [0.15, 0.2) is 131 Å². The van der Waals surface area contributed by atoms with Crippen LogP contribution in [0.5, 0.6) is 17.2 Å². The summed E-state index contributed by atoms with van der Waals surface area (Å²) in [5.41, 5.74) is 4.33. The molecule has 0 aromatic heterocycles. The van der Waals surface area contributed by atoms with E-state index in [0.29, 0.717) is 23.9 Å². The van der Waals surface area contributed by atoms with Gasteiger partial charge < -0.3 is 14.2 Å². The van der Waals surface area contributed by atoms with Gasteiger partial charge in [-0.1, -0.05) is 94.8 Å². The zero-order valence-corrected chi connectivity index (χ0v) is 22.5. The molecule has 5 rings (SSSR count). The van der Waals surface area contributed by atoms with E-state index in [-0.39, 0.29) is 0 Å². The van der Waals surface area contributed by atoms with Crippen molar-refractivity contribution < 1.29 is 19.0 Å². The highest BCUT2D eigenvalue weighted by atomic mass is 79.9. The Labute approximate surface area is 235 Å². The normalized spacial score (nSPS) is 11.0. The summed E-state index contributed by atoms with van der Waals surface area (Å²) in [7, 11) is 0. The van der Waals surface area contributed by atoms with Gasteiger partial charge in [-0.05, 0) is 58.8 Å². The van der Waals surface area contributed by atoms with Gasteiger partial charge in [0.05, 0.1) is 6.21 Å². The smallest absolute Gasteiger partial charge is 0.323 e. The lowest BCUT2D eigenvalue weighted by atomic mass is 10.0. The fourth-order valence-corrected chi connectivity index (χ4v) is 4.36. The molecule has 0 fully saturated rings. The van der Waals surface area contributed by atoms with E-state index in [1.54, 1.807) is 30.5 Å². The first-order valence-electron chi connectivity index (χ1n) is 12.3. The molecule has 1 amide bonds. The molecule has 0 radical (unpaired) electrons. The van der Waals surface area contributed by atoms with Gasteiger partial charge in [-0.25, -0.2) is 5.43 Å². The summed E-state index contributed by atoms with van der Waals surface area (Å²) in [5.74, 6) is 1.07. The van der Waals surface area contributed by atoms with Gasteiger partial charge in [0.1, 0.15) is 23.9 Å². The van der Waals surface area contributed by atoms with Gasteiger partial charge in [-0.2, -0.15) is 5.10 Å². The lowest BCUT2D eigenvalue weighted by Crippen LogP contribution is -2.40. The van der Waals surface area contributed by atoms with Gasteiger partial charge in [-0.3, -0.25) is 4.79 Å². The first-order chi connectivity index (χ1) is 19.2. The fourth-order valence-electron chi connectivity index (χ4n) is 3.91. The molecule has 1 N–H and O–H groups in total. The van der Waals surface area contributed by atoms with Gasteiger partial charge in [-0.15, -0.1) is 0 Å². The van der Waals surface area contributed by atoms with Gasteiger partial charge >= 0.3 is 12.2 Å². The van der Waals surface area contributed by atoms with E-state index in [9.17, 15) is 4.79 Å². The van der Waals surface area contributed by atoms with Gasteiger partial charge in [0.2, 0.25) is 0 Å². The van der Waals surface area contributed by atoms with Gasteiger partial charge in [0, 0.05) is 10.0 Å². The van der Waals surface area contributed by atoms with E-state index in [2.05, 4.69) is 26.5 Å². The number of halogens is 1. The number of nitrogens with zero attached hydrogens (tertiary/aromatic N) is 1. The molecule has 0 aliphatic carbocycles. The monoisotopic (exact) mass is 580 g/mol. The van der Waals surface area contributed by atoms with Crippen LogP contribution in [0.25, 0.3) is 10.8 Å². The van der Waals surface area contributed by atoms with Crippen LogP contribution < -0.4 is 19.6 Å². The van der Waals surface area contributed by atoms with Gasteiger partial charge in [0.15, 0.2) is 0 Å². The molecule has 0 atom stereocenters. The molecule has 5 aromatic rings. The predicted octanol–water partition coefficient (Wildman–Crippen LogP) is 7.12. The summed E-state index contributed by atoms with van der Waals surface area (Å²) in [6.45, 7) is 0.378. The Balaban J connectivity index is 1.36. The Hall–Kier alpha value is -4.62. The van der Waals surface area contributed by atoms with E-state index in [1.165, 1.54) is 0 Å². The Morgan fingerprint density at radius 3 is 2.15 bits per heavy atom. The van der Waals surface area contributed by atoms with Crippen molar-refractivity contribution in [3.63, 3.8) is 0 Å². The number of ether oxygens (including phenoxy) is 3. The number of para-hydroxylation sites is 2. The Morgan fingerprint density at radius 1 is 0.795 bits per heavy atom. The highest BCUT2D eigenvalue weighted by molar-refractivity contribution is 9.10. The first kappa shape index (κ1) is 26.0. The van der Waals surface area contributed by atoms with E-state index >= 15 is 0 Å². The van der Waals surface area contributed by atoms with Crippen molar-refractivity contribution in [2.45, 2.75) is 12.9 Å². The number of hydrazone groups is 1. The van der Waals surface area contributed by atoms with E-state index in [1.807, 2.05) is 97.1 Å². The maximum Gasteiger partial charge on any atom is 0.323 e. The van der Waals surface area contributed by atoms with Crippen LogP contribution in [-0.4, -0.2) is 18.4 Å². The second kappa shape index (κ2) is 12.8. The SMILES string of the molecule is O=C(NN=Cc1c(OCc2cccc(Br)c2)ccc2ccccc12)C(Oc1ccccc1)Oc1ccccc1. The zero-order valence-electron chi connectivity index (χ0n) is 20.9. The molecule has 7 heteroatoms. The maximum absolute atomic E-state index is 13.1. The van der Waals surface area contributed by atoms with Crippen LogP contribution in [0.3, 0.4) is 0 Å². The number of hydrogen-bond donors (Lipinski definition) is 1. The van der Waals surface area contributed by atoms with Crippen LogP contribution in [-0.2, 0) is 11.4 Å². The molecule has 5 aromatic carbocycles. The average Bonchev–Trinajstić information content (AvgIpc) is 2.97. The van der Waals surface area contributed by atoms with Crippen molar-refractivity contribution in [3.05, 3.63) is 137 Å². The third-order valence-corrected chi connectivity index (χ3v) is 6.26. The van der Waals surface area contributed by atoms with Crippen molar-refractivity contribution in [1.29, 1.82) is 0 Å². The summed E-state index contributed by atoms with van der Waals surface area (Å²) in [6.07, 6.45) is 0.324. The quantitative estimate of drug-likeness (QED) is 0.108. The minimum Gasteiger partial charge on any atom is -0.488 e. The Kier molecular flexibility index (Phi) is 8.51. The molecule has 0 unspecified atom stereocenters. The fraction of sp³-hybridized carbons (Fsp3) is 0.0625. The lowest BCUT2D eigenvalue weighted by molar-refractivity contribution is -0.140. The number of hydrogen-bond acceptors (Lipinski definition) is 5. The molecule has 39 heavy (non-hydrogen) atoms. The number of rotatable bonds is 10. The molecule has 0 saturated carbocycles. The van der Waals surface area contributed by atoms with Crippen LogP contribution in [0.2, 0.25) is 0 Å². The second-order valence-corrected chi connectivity index (χ2v) is 9.46. The molecule has 0 saturated heterocycles. The third-order valence-electron chi connectivity index (χ3n) is 5.77. The maximum atomic E-state index is 13.1. The summed E-state index contributed by atoms with van der Waals surface area (Å²) in [4.78, 5) is 13.1. The second-order valence-electron chi connectivity index (χ2n) is 8.55. The van der Waals surface area contributed by atoms with Crippen LogP contribution in [0, 0.1) is 0 Å².